The first-order valence-electron chi connectivity index (χ1n) is 5.65. The van der Waals surface area contributed by atoms with E-state index in [0.717, 1.165) is 0 Å². The molecule has 1 atom stereocenters. The SMILES string of the molecule is CCC(NC[Si](C)(C)C)C(C)=C(C)[SiH3]. The van der Waals surface area contributed by atoms with E-state index in [-0.39, 0.29) is 0 Å². The Morgan fingerprint density at radius 2 is 1.79 bits per heavy atom. The van der Waals surface area contributed by atoms with Crippen LogP contribution in [0.15, 0.2) is 10.8 Å². The van der Waals surface area contributed by atoms with Crippen LogP contribution < -0.4 is 5.32 Å². The van der Waals surface area contributed by atoms with Crippen LogP contribution in [0.4, 0.5) is 0 Å². The second kappa shape index (κ2) is 5.88. The molecular weight excluding hydrogens is 202 g/mol. The summed E-state index contributed by atoms with van der Waals surface area (Å²) >= 11 is 0. The third-order valence-corrected chi connectivity index (χ3v) is 4.65. The molecule has 3 heteroatoms. The lowest BCUT2D eigenvalue weighted by Gasteiger charge is -2.24. The lowest BCUT2D eigenvalue weighted by Crippen LogP contribution is -2.42. The molecule has 1 nitrogen and oxygen atoms in total. The number of nitrogens with one attached hydrogen (secondary N) is 1. The Labute approximate surface area is 93.8 Å². The van der Waals surface area contributed by atoms with Gasteiger partial charge in [0.2, 0.25) is 0 Å². The van der Waals surface area contributed by atoms with Crippen molar-refractivity contribution in [3.8, 4) is 0 Å². The second-order valence-electron chi connectivity index (χ2n) is 5.59. The van der Waals surface area contributed by atoms with Crippen molar-refractivity contribution >= 4 is 18.3 Å². The Kier molecular flexibility index (Phi) is 5.94. The van der Waals surface area contributed by atoms with Gasteiger partial charge in [-0.25, -0.2) is 0 Å². The standard InChI is InChI=1S/C11H27NSi2/c1-7-11(9(2)10(3)13)12-8-14(4,5)6/h11-12H,7-8H2,1-6,13H3. The van der Waals surface area contributed by atoms with Crippen molar-refractivity contribution in [3.05, 3.63) is 10.8 Å². The van der Waals surface area contributed by atoms with Crippen LogP contribution in [0.25, 0.3) is 0 Å². The molecule has 14 heavy (non-hydrogen) atoms. The Bertz CT molecular complexity index is 200. The molecule has 0 saturated carbocycles. The molecule has 0 rings (SSSR count). The first-order valence-corrected chi connectivity index (χ1v) is 10.4. The van der Waals surface area contributed by atoms with E-state index in [1.54, 1.807) is 10.8 Å². The van der Waals surface area contributed by atoms with Crippen molar-refractivity contribution in [2.24, 2.45) is 0 Å². The van der Waals surface area contributed by atoms with E-state index in [0.29, 0.717) is 6.04 Å². The Morgan fingerprint density at radius 3 is 2.07 bits per heavy atom. The van der Waals surface area contributed by atoms with Crippen molar-refractivity contribution in [3.63, 3.8) is 0 Å². The van der Waals surface area contributed by atoms with Gasteiger partial charge in [-0.05, 0) is 26.4 Å². The molecule has 0 aromatic rings. The maximum absolute atomic E-state index is 3.72. The summed E-state index contributed by atoms with van der Waals surface area (Å²) in [4.78, 5) is 0. The maximum atomic E-state index is 3.72. The molecule has 0 heterocycles. The highest BCUT2D eigenvalue weighted by molar-refractivity contribution is 6.76. The van der Waals surface area contributed by atoms with Gasteiger partial charge in [-0.2, -0.15) is 0 Å². The summed E-state index contributed by atoms with van der Waals surface area (Å²) in [6.45, 7) is 14.1. The summed E-state index contributed by atoms with van der Waals surface area (Å²) in [5.74, 6) is 0. The number of hydrogen-bond donors (Lipinski definition) is 1. The molecule has 1 unspecified atom stereocenters. The molecule has 84 valence electrons. The smallest absolute Gasteiger partial charge is 0.0596 e. The van der Waals surface area contributed by atoms with Crippen molar-refractivity contribution < 1.29 is 0 Å². The maximum Gasteiger partial charge on any atom is 0.0596 e. The summed E-state index contributed by atoms with van der Waals surface area (Å²) in [5, 5.41) is 5.31. The molecule has 0 aromatic carbocycles. The lowest BCUT2D eigenvalue weighted by atomic mass is 10.1. The van der Waals surface area contributed by atoms with Gasteiger partial charge in [-0.15, -0.1) is 0 Å². The van der Waals surface area contributed by atoms with Crippen molar-refractivity contribution in [1.82, 2.24) is 5.32 Å². The zero-order valence-electron chi connectivity index (χ0n) is 11.0. The fourth-order valence-electron chi connectivity index (χ4n) is 1.38. The van der Waals surface area contributed by atoms with Gasteiger partial charge in [-0.3, -0.25) is 0 Å². The third-order valence-electron chi connectivity index (χ3n) is 2.60. The van der Waals surface area contributed by atoms with Crippen LogP contribution in [0.1, 0.15) is 27.2 Å². The van der Waals surface area contributed by atoms with Crippen LogP contribution in [-0.2, 0) is 0 Å². The minimum atomic E-state index is -0.939. The lowest BCUT2D eigenvalue weighted by molar-refractivity contribution is 0.596. The molecule has 0 aliphatic carbocycles. The fourth-order valence-corrected chi connectivity index (χ4v) is 2.59. The summed E-state index contributed by atoms with van der Waals surface area (Å²) in [6, 6.07) is 0.624. The molecule has 0 amide bonds. The molecule has 1 N–H and O–H groups in total. The minimum Gasteiger partial charge on any atom is -0.313 e. The van der Waals surface area contributed by atoms with E-state index in [2.05, 4.69) is 45.7 Å². The summed E-state index contributed by atoms with van der Waals surface area (Å²) in [6.07, 6.45) is 2.45. The van der Waals surface area contributed by atoms with E-state index >= 15 is 0 Å². The van der Waals surface area contributed by atoms with Gasteiger partial charge >= 0.3 is 0 Å². The molecule has 0 aliphatic heterocycles. The van der Waals surface area contributed by atoms with Crippen LogP contribution in [0.3, 0.4) is 0 Å². The highest BCUT2D eigenvalue weighted by atomic mass is 28.3. The highest BCUT2D eigenvalue weighted by Crippen LogP contribution is 2.10. The number of allylic oxidation sites excluding steroid dienone is 1. The largest absolute Gasteiger partial charge is 0.313 e. The Hall–Kier alpha value is 0.134. The van der Waals surface area contributed by atoms with E-state index in [4.69, 9.17) is 0 Å². The summed E-state index contributed by atoms with van der Waals surface area (Å²) in [7, 11) is 0.263. The van der Waals surface area contributed by atoms with Crippen LogP contribution in [-0.4, -0.2) is 30.5 Å². The average Bonchev–Trinajstić information content (AvgIpc) is 2.02. The molecule has 0 radical (unpaired) electrons. The van der Waals surface area contributed by atoms with Gasteiger partial charge in [0.05, 0.1) is 8.07 Å². The van der Waals surface area contributed by atoms with Gasteiger partial charge < -0.3 is 5.32 Å². The monoisotopic (exact) mass is 229 g/mol. The van der Waals surface area contributed by atoms with Crippen LogP contribution in [0.5, 0.6) is 0 Å². The molecule has 0 aliphatic rings. The van der Waals surface area contributed by atoms with Crippen LogP contribution in [0, 0.1) is 0 Å². The first kappa shape index (κ1) is 14.1. The van der Waals surface area contributed by atoms with Crippen LogP contribution in [0.2, 0.25) is 19.6 Å². The molecule has 0 spiro atoms. The van der Waals surface area contributed by atoms with E-state index in [9.17, 15) is 0 Å². The quantitative estimate of drug-likeness (QED) is 0.710. The average molecular weight is 230 g/mol. The zero-order valence-corrected chi connectivity index (χ0v) is 14.0. The summed E-state index contributed by atoms with van der Waals surface area (Å²) in [5.41, 5.74) is 1.58. The molecule has 0 fully saturated rings. The Balaban J connectivity index is 4.25. The Morgan fingerprint density at radius 1 is 1.29 bits per heavy atom. The predicted octanol–water partition coefficient (Wildman–Crippen LogP) is 1.89. The number of hydrogen-bond acceptors (Lipinski definition) is 1. The van der Waals surface area contributed by atoms with Gasteiger partial charge in [0.25, 0.3) is 0 Å². The molecular formula is C11H27NSi2. The topological polar surface area (TPSA) is 12.0 Å². The van der Waals surface area contributed by atoms with E-state index in [1.807, 2.05) is 0 Å². The highest BCUT2D eigenvalue weighted by Gasteiger charge is 2.16. The minimum absolute atomic E-state index is 0.624. The number of rotatable bonds is 5. The van der Waals surface area contributed by atoms with E-state index < -0.39 is 8.07 Å². The normalized spacial score (nSPS) is 16.7. The van der Waals surface area contributed by atoms with Gasteiger partial charge in [0, 0.05) is 16.3 Å². The molecule has 0 bridgehead atoms. The van der Waals surface area contributed by atoms with E-state index in [1.165, 1.54) is 22.8 Å². The van der Waals surface area contributed by atoms with Gasteiger partial charge in [0.15, 0.2) is 0 Å². The van der Waals surface area contributed by atoms with Crippen molar-refractivity contribution in [2.45, 2.75) is 52.9 Å². The van der Waals surface area contributed by atoms with Gasteiger partial charge in [-0.1, -0.05) is 37.3 Å². The summed E-state index contributed by atoms with van der Waals surface area (Å²) < 4.78 is 0. The molecule has 0 aromatic heterocycles. The first-order chi connectivity index (χ1) is 6.28. The van der Waals surface area contributed by atoms with Crippen molar-refractivity contribution in [2.75, 3.05) is 6.17 Å². The second-order valence-corrected chi connectivity index (χ2v) is 12.6. The fraction of sp³-hybridized carbons (Fsp3) is 0.818. The predicted molar refractivity (Wildman–Crippen MR) is 73.7 cm³/mol. The van der Waals surface area contributed by atoms with Crippen LogP contribution >= 0.6 is 0 Å². The zero-order chi connectivity index (χ0) is 11.4. The van der Waals surface area contributed by atoms with Crippen molar-refractivity contribution in [1.29, 1.82) is 0 Å². The third kappa shape index (κ3) is 5.78. The molecule has 0 saturated heterocycles. The van der Waals surface area contributed by atoms with Gasteiger partial charge in [0.1, 0.15) is 0 Å².